The van der Waals surface area contributed by atoms with Crippen LogP contribution < -0.4 is 20.1 Å². The SMILES string of the molecule is CCC(C)NC(=O)NCC(c1ccc2c(c1)OCO2)N1CCOCC1. The fourth-order valence-corrected chi connectivity index (χ4v) is 3.03. The molecule has 1 aromatic rings. The van der Waals surface area contributed by atoms with Crippen LogP contribution >= 0.6 is 0 Å². The summed E-state index contributed by atoms with van der Waals surface area (Å²) >= 11 is 0. The number of rotatable bonds is 6. The van der Waals surface area contributed by atoms with Gasteiger partial charge in [0.15, 0.2) is 11.5 Å². The van der Waals surface area contributed by atoms with Crippen molar-refractivity contribution >= 4 is 6.03 Å². The Hall–Kier alpha value is -1.99. The normalized spacial score (nSPS) is 19.3. The molecule has 0 radical (unpaired) electrons. The quantitative estimate of drug-likeness (QED) is 0.821. The summed E-state index contributed by atoms with van der Waals surface area (Å²) in [6.45, 7) is 7.94. The number of ether oxygens (including phenoxy) is 3. The van der Waals surface area contributed by atoms with Crippen molar-refractivity contribution in [2.45, 2.75) is 32.4 Å². The van der Waals surface area contributed by atoms with E-state index < -0.39 is 0 Å². The van der Waals surface area contributed by atoms with Crippen molar-refractivity contribution in [3.63, 3.8) is 0 Å². The number of amides is 2. The molecule has 1 saturated heterocycles. The van der Waals surface area contributed by atoms with Gasteiger partial charge >= 0.3 is 6.03 Å². The summed E-state index contributed by atoms with van der Waals surface area (Å²) in [7, 11) is 0. The predicted molar refractivity (Wildman–Crippen MR) is 94.0 cm³/mol. The molecule has 2 heterocycles. The molecule has 2 aliphatic heterocycles. The van der Waals surface area contributed by atoms with Crippen molar-refractivity contribution in [1.82, 2.24) is 15.5 Å². The predicted octanol–water partition coefficient (Wildman–Crippen LogP) is 1.89. The highest BCUT2D eigenvalue weighted by Gasteiger charge is 2.25. The average Bonchev–Trinajstić information content (AvgIpc) is 3.10. The lowest BCUT2D eigenvalue weighted by Crippen LogP contribution is -2.47. The lowest BCUT2D eigenvalue weighted by molar-refractivity contribution is 0.0166. The van der Waals surface area contributed by atoms with E-state index in [1.54, 1.807) is 0 Å². The molecule has 1 fully saturated rings. The molecule has 25 heavy (non-hydrogen) atoms. The maximum atomic E-state index is 12.1. The molecule has 2 N–H and O–H groups in total. The maximum absolute atomic E-state index is 12.1. The molecule has 138 valence electrons. The third-order valence-corrected chi connectivity index (χ3v) is 4.71. The van der Waals surface area contributed by atoms with Crippen LogP contribution in [-0.2, 0) is 4.74 Å². The Morgan fingerprint density at radius 1 is 1.24 bits per heavy atom. The second kappa shape index (κ2) is 8.40. The van der Waals surface area contributed by atoms with Gasteiger partial charge < -0.3 is 24.8 Å². The smallest absolute Gasteiger partial charge is 0.315 e. The standard InChI is InChI=1S/C18H27N3O4/c1-3-13(2)20-18(22)19-11-15(21-6-8-23-9-7-21)14-4-5-16-17(10-14)25-12-24-16/h4-5,10,13,15H,3,6-9,11-12H2,1-2H3,(H2,19,20,22). The number of nitrogens with one attached hydrogen (secondary N) is 2. The molecule has 1 aromatic carbocycles. The summed E-state index contributed by atoms with van der Waals surface area (Å²) in [5.74, 6) is 1.53. The molecule has 0 aliphatic carbocycles. The highest BCUT2D eigenvalue weighted by atomic mass is 16.7. The van der Waals surface area contributed by atoms with Crippen LogP contribution in [-0.4, -0.2) is 56.6 Å². The van der Waals surface area contributed by atoms with Gasteiger partial charge in [-0.05, 0) is 31.0 Å². The third kappa shape index (κ3) is 4.55. The Morgan fingerprint density at radius 3 is 2.76 bits per heavy atom. The first-order chi connectivity index (χ1) is 12.2. The molecule has 3 rings (SSSR count). The van der Waals surface area contributed by atoms with Crippen LogP contribution in [0.2, 0.25) is 0 Å². The molecule has 0 spiro atoms. The van der Waals surface area contributed by atoms with E-state index in [9.17, 15) is 4.79 Å². The number of benzene rings is 1. The van der Waals surface area contributed by atoms with Gasteiger partial charge in [0.1, 0.15) is 0 Å². The van der Waals surface area contributed by atoms with Gasteiger partial charge in [-0.25, -0.2) is 4.79 Å². The first-order valence-corrected chi connectivity index (χ1v) is 8.93. The van der Waals surface area contributed by atoms with Gasteiger partial charge in [0.25, 0.3) is 0 Å². The molecule has 0 bridgehead atoms. The number of morpholine rings is 1. The van der Waals surface area contributed by atoms with E-state index >= 15 is 0 Å². The third-order valence-electron chi connectivity index (χ3n) is 4.71. The molecule has 7 heteroatoms. The Morgan fingerprint density at radius 2 is 2.00 bits per heavy atom. The number of hydrogen-bond donors (Lipinski definition) is 2. The van der Waals surface area contributed by atoms with Gasteiger partial charge in [-0.15, -0.1) is 0 Å². The van der Waals surface area contributed by atoms with Crippen LogP contribution in [0, 0.1) is 0 Å². The van der Waals surface area contributed by atoms with Gasteiger partial charge in [-0.3, -0.25) is 4.90 Å². The van der Waals surface area contributed by atoms with Gasteiger partial charge in [-0.2, -0.15) is 0 Å². The molecule has 2 unspecified atom stereocenters. The number of hydrogen-bond acceptors (Lipinski definition) is 5. The van der Waals surface area contributed by atoms with Crippen LogP contribution in [0.15, 0.2) is 18.2 Å². The minimum Gasteiger partial charge on any atom is -0.454 e. The zero-order valence-electron chi connectivity index (χ0n) is 14.9. The van der Waals surface area contributed by atoms with Gasteiger partial charge in [0.05, 0.1) is 19.3 Å². The first-order valence-electron chi connectivity index (χ1n) is 8.93. The van der Waals surface area contributed by atoms with Crippen molar-refractivity contribution in [2.75, 3.05) is 39.6 Å². The molecule has 0 saturated carbocycles. The summed E-state index contributed by atoms with van der Waals surface area (Å²) < 4.78 is 16.4. The van der Waals surface area contributed by atoms with E-state index in [1.165, 1.54) is 0 Å². The average molecular weight is 349 g/mol. The van der Waals surface area contributed by atoms with Gasteiger partial charge in [-0.1, -0.05) is 13.0 Å². The lowest BCUT2D eigenvalue weighted by Gasteiger charge is -2.35. The topological polar surface area (TPSA) is 72.1 Å². The van der Waals surface area contributed by atoms with E-state index in [0.717, 1.165) is 36.6 Å². The van der Waals surface area contributed by atoms with E-state index in [0.29, 0.717) is 19.8 Å². The van der Waals surface area contributed by atoms with E-state index in [1.807, 2.05) is 32.0 Å². The monoisotopic (exact) mass is 349 g/mol. The van der Waals surface area contributed by atoms with Crippen LogP contribution in [0.1, 0.15) is 31.9 Å². The van der Waals surface area contributed by atoms with Crippen molar-refractivity contribution in [2.24, 2.45) is 0 Å². The molecular formula is C18H27N3O4. The summed E-state index contributed by atoms with van der Waals surface area (Å²) in [5.41, 5.74) is 1.11. The lowest BCUT2D eigenvalue weighted by atomic mass is 10.0. The fourth-order valence-electron chi connectivity index (χ4n) is 3.03. The summed E-state index contributed by atoms with van der Waals surface area (Å²) in [5, 5.41) is 5.95. The van der Waals surface area contributed by atoms with Gasteiger partial charge in [0.2, 0.25) is 6.79 Å². The first kappa shape index (κ1) is 17.8. The molecule has 2 amide bonds. The molecule has 2 aliphatic rings. The van der Waals surface area contributed by atoms with Crippen molar-refractivity contribution in [3.05, 3.63) is 23.8 Å². The molecule has 2 atom stereocenters. The molecule has 0 aromatic heterocycles. The van der Waals surface area contributed by atoms with Crippen LogP contribution in [0.5, 0.6) is 11.5 Å². The number of fused-ring (bicyclic) bond motifs is 1. The van der Waals surface area contributed by atoms with Crippen molar-refractivity contribution in [3.8, 4) is 11.5 Å². The van der Waals surface area contributed by atoms with Crippen molar-refractivity contribution in [1.29, 1.82) is 0 Å². The number of nitrogens with zero attached hydrogens (tertiary/aromatic N) is 1. The fraction of sp³-hybridized carbons (Fsp3) is 0.611. The van der Waals surface area contributed by atoms with Crippen molar-refractivity contribution < 1.29 is 19.0 Å². The van der Waals surface area contributed by atoms with E-state index in [-0.39, 0.29) is 24.9 Å². The second-order valence-corrected chi connectivity index (χ2v) is 6.44. The van der Waals surface area contributed by atoms with Crippen LogP contribution in [0.3, 0.4) is 0 Å². The molecular weight excluding hydrogens is 322 g/mol. The van der Waals surface area contributed by atoms with Crippen LogP contribution in [0.4, 0.5) is 4.79 Å². The zero-order chi connectivity index (χ0) is 17.6. The number of carbonyl (C=O) groups is 1. The number of urea groups is 1. The summed E-state index contributed by atoms with van der Waals surface area (Å²) in [4.78, 5) is 14.4. The van der Waals surface area contributed by atoms with Crippen LogP contribution in [0.25, 0.3) is 0 Å². The summed E-state index contributed by atoms with van der Waals surface area (Å²) in [6.07, 6.45) is 0.905. The Bertz CT molecular complexity index is 590. The number of carbonyl (C=O) groups excluding carboxylic acids is 1. The highest BCUT2D eigenvalue weighted by molar-refractivity contribution is 5.74. The van der Waals surface area contributed by atoms with E-state index in [4.69, 9.17) is 14.2 Å². The van der Waals surface area contributed by atoms with E-state index in [2.05, 4.69) is 15.5 Å². The van der Waals surface area contributed by atoms with Gasteiger partial charge in [0, 0.05) is 25.7 Å². The maximum Gasteiger partial charge on any atom is 0.315 e. The zero-order valence-corrected chi connectivity index (χ0v) is 14.9. The minimum atomic E-state index is -0.131. The Labute approximate surface area is 148 Å². The Kier molecular flexibility index (Phi) is 5.99. The minimum absolute atomic E-state index is 0.0704. The Balaban J connectivity index is 1.70. The second-order valence-electron chi connectivity index (χ2n) is 6.44. The molecule has 7 nitrogen and oxygen atoms in total. The highest BCUT2D eigenvalue weighted by Crippen LogP contribution is 2.35. The largest absolute Gasteiger partial charge is 0.454 e. The summed E-state index contributed by atoms with van der Waals surface area (Å²) in [6, 6.07) is 6.09.